The monoisotopic (exact) mass is 320 g/mol. The van der Waals surface area contributed by atoms with Crippen molar-refractivity contribution in [3.8, 4) is 22.8 Å². The van der Waals surface area contributed by atoms with Crippen LogP contribution in [0.25, 0.3) is 11.3 Å². The molecule has 124 valence electrons. The number of methoxy groups -OCH3 is 1. The van der Waals surface area contributed by atoms with Crippen LogP contribution in [0.5, 0.6) is 11.5 Å². The number of rotatable bonds is 6. The summed E-state index contributed by atoms with van der Waals surface area (Å²) in [5, 5.41) is 20.6. The number of H-pyrrole nitrogens is 1. The van der Waals surface area contributed by atoms with Crippen molar-refractivity contribution in [1.82, 2.24) is 20.3 Å². The molecule has 0 spiro atoms. The number of ether oxygens (including phenoxy) is 2. The maximum absolute atomic E-state index is 12.0. The molecule has 0 bridgehead atoms. The Kier molecular flexibility index (Phi) is 5.17. The fraction of sp³-hybridized carbons (Fsp3) is 0.400. The quantitative estimate of drug-likeness (QED) is 0.776. The average molecular weight is 320 g/mol. The minimum absolute atomic E-state index is 0.0612. The molecule has 2 aromatic rings. The van der Waals surface area contributed by atoms with Crippen LogP contribution in [0.2, 0.25) is 0 Å². The summed E-state index contributed by atoms with van der Waals surface area (Å²) in [4.78, 5) is 13.9. The van der Waals surface area contributed by atoms with E-state index in [4.69, 9.17) is 9.47 Å². The van der Waals surface area contributed by atoms with Gasteiger partial charge >= 0.3 is 5.97 Å². The van der Waals surface area contributed by atoms with Crippen LogP contribution < -0.4 is 4.74 Å². The molecule has 2 N–H and O–H groups in total. The van der Waals surface area contributed by atoms with Crippen molar-refractivity contribution in [3.05, 3.63) is 23.4 Å². The number of nitrogens with zero attached hydrogens (tertiary/aromatic N) is 3. The first-order valence-electron chi connectivity index (χ1n) is 7.10. The van der Waals surface area contributed by atoms with Crippen LogP contribution in [-0.2, 0) is 11.3 Å². The molecule has 0 aliphatic heterocycles. The van der Waals surface area contributed by atoms with Gasteiger partial charge in [0.25, 0.3) is 0 Å². The third kappa shape index (κ3) is 3.59. The lowest BCUT2D eigenvalue weighted by Crippen LogP contribution is -2.11. The molecule has 0 radical (unpaired) electrons. The van der Waals surface area contributed by atoms with Gasteiger partial charge in [0.2, 0.25) is 0 Å². The molecule has 1 aromatic carbocycles. The molecule has 8 heteroatoms. The maximum atomic E-state index is 12.0. The van der Waals surface area contributed by atoms with Crippen molar-refractivity contribution in [2.45, 2.75) is 13.5 Å². The van der Waals surface area contributed by atoms with E-state index in [0.717, 1.165) is 0 Å². The third-order valence-electron chi connectivity index (χ3n) is 3.15. The molecular formula is C15H20N4O4. The topological polar surface area (TPSA) is 101 Å². The van der Waals surface area contributed by atoms with Gasteiger partial charge in [-0.1, -0.05) is 0 Å². The van der Waals surface area contributed by atoms with Gasteiger partial charge < -0.3 is 19.5 Å². The number of carbonyl (C=O) groups is 1. The van der Waals surface area contributed by atoms with E-state index < -0.39 is 5.97 Å². The number of aromatic hydroxyl groups is 1. The van der Waals surface area contributed by atoms with Crippen LogP contribution in [0.1, 0.15) is 23.0 Å². The molecular weight excluding hydrogens is 300 g/mol. The molecule has 0 fully saturated rings. The standard InChI is InChI=1S/C15H20N4O4/c1-5-23-15(21)13-12(16-18-17-13)9-6-10(8-19(2)3)14(20)11(7-9)22-4/h6-7,20H,5,8H2,1-4H3,(H,16,17,18). The number of aromatic amines is 1. The number of esters is 1. The molecule has 23 heavy (non-hydrogen) atoms. The Balaban J connectivity index is 2.52. The number of hydrogen-bond acceptors (Lipinski definition) is 7. The number of carbonyl (C=O) groups excluding carboxylic acids is 1. The fourth-order valence-electron chi connectivity index (χ4n) is 2.19. The molecule has 0 saturated carbocycles. The molecule has 0 aliphatic rings. The Labute approximate surface area is 134 Å². The second-order valence-electron chi connectivity index (χ2n) is 5.17. The number of aromatic nitrogens is 3. The highest BCUT2D eigenvalue weighted by atomic mass is 16.5. The first-order valence-corrected chi connectivity index (χ1v) is 7.10. The molecule has 1 aromatic heterocycles. The number of phenols is 1. The van der Waals surface area contributed by atoms with Crippen LogP contribution in [0.15, 0.2) is 12.1 Å². The third-order valence-corrected chi connectivity index (χ3v) is 3.15. The Morgan fingerprint density at radius 2 is 2.09 bits per heavy atom. The predicted octanol–water partition coefficient (Wildman–Crippen LogP) is 1.42. The van der Waals surface area contributed by atoms with Gasteiger partial charge in [-0.25, -0.2) is 4.79 Å². The molecule has 0 unspecified atom stereocenters. The highest BCUT2D eigenvalue weighted by molar-refractivity contribution is 5.94. The minimum Gasteiger partial charge on any atom is -0.504 e. The van der Waals surface area contributed by atoms with Crippen LogP contribution in [-0.4, -0.2) is 59.2 Å². The van der Waals surface area contributed by atoms with Gasteiger partial charge in [-0.05, 0) is 33.2 Å². The van der Waals surface area contributed by atoms with E-state index >= 15 is 0 Å². The summed E-state index contributed by atoms with van der Waals surface area (Å²) in [6.45, 7) is 2.47. The van der Waals surface area contributed by atoms with E-state index in [-0.39, 0.29) is 18.1 Å². The summed E-state index contributed by atoms with van der Waals surface area (Å²) >= 11 is 0. The van der Waals surface area contributed by atoms with Crippen molar-refractivity contribution >= 4 is 5.97 Å². The highest BCUT2D eigenvalue weighted by Crippen LogP contribution is 2.36. The lowest BCUT2D eigenvalue weighted by atomic mass is 10.0. The van der Waals surface area contributed by atoms with E-state index in [1.54, 1.807) is 19.1 Å². The largest absolute Gasteiger partial charge is 0.504 e. The van der Waals surface area contributed by atoms with E-state index in [2.05, 4.69) is 15.4 Å². The Bertz CT molecular complexity index is 697. The van der Waals surface area contributed by atoms with Gasteiger partial charge in [0.1, 0.15) is 5.69 Å². The molecule has 0 saturated heterocycles. The fourth-order valence-corrected chi connectivity index (χ4v) is 2.19. The number of phenolic OH excluding ortho intramolecular Hbond substituents is 1. The van der Waals surface area contributed by atoms with E-state index in [1.807, 2.05) is 19.0 Å². The van der Waals surface area contributed by atoms with Crippen molar-refractivity contribution in [3.63, 3.8) is 0 Å². The van der Waals surface area contributed by atoms with E-state index in [0.29, 0.717) is 29.1 Å². The summed E-state index contributed by atoms with van der Waals surface area (Å²) in [5.41, 5.74) is 1.70. The summed E-state index contributed by atoms with van der Waals surface area (Å²) in [6.07, 6.45) is 0. The zero-order valence-electron chi connectivity index (χ0n) is 13.6. The highest BCUT2D eigenvalue weighted by Gasteiger charge is 2.21. The van der Waals surface area contributed by atoms with Crippen molar-refractivity contribution in [2.24, 2.45) is 0 Å². The van der Waals surface area contributed by atoms with Crippen LogP contribution in [0, 0.1) is 0 Å². The van der Waals surface area contributed by atoms with Gasteiger partial charge in [-0.15, -0.1) is 5.10 Å². The van der Waals surface area contributed by atoms with E-state index in [1.165, 1.54) is 7.11 Å². The summed E-state index contributed by atoms with van der Waals surface area (Å²) in [5.74, 6) is -0.194. The van der Waals surface area contributed by atoms with Crippen molar-refractivity contribution in [1.29, 1.82) is 0 Å². The Morgan fingerprint density at radius 1 is 1.35 bits per heavy atom. The normalized spacial score (nSPS) is 10.8. The first-order chi connectivity index (χ1) is 11.0. The number of benzene rings is 1. The smallest absolute Gasteiger partial charge is 0.361 e. The Morgan fingerprint density at radius 3 is 2.70 bits per heavy atom. The van der Waals surface area contributed by atoms with Gasteiger partial charge in [0, 0.05) is 17.7 Å². The molecule has 0 aliphatic carbocycles. The molecule has 0 atom stereocenters. The second-order valence-corrected chi connectivity index (χ2v) is 5.17. The summed E-state index contributed by atoms with van der Waals surface area (Å²) < 4.78 is 10.2. The van der Waals surface area contributed by atoms with Crippen LogP contribution >= 0.6 is 0 Å². The zero-order valence-corrected chi connectivity index (χ0v) is 13.6. The van der Waals surface area contributed by atoms with Gasteiger partial charge in [-0.3, -0.25) is 0 Å². The molecule has 1 heterocycles. The maximum Gasteiger partial charge on any atom is 0.361 e. The molecule has 8 nitrogen and oxygen atoms in total. The van der Waals surface area contributed by atoms with Crippen LogP contribution in [0.4, 0.5) is 0 Å². The Hall–Kier alpha value is -2.61. The summed E-state index contributed by atoms with van der Waals surface area (Å²) in [6, 6.07) is 3.35. The molecule has 2 rings (SSSR count). The second kappa shape index (κ2) is 7.10. The number of nitrogens with one attached hydrogen (secondary N) is 1. The van der Waals surface area contributed by atoms with Gasteiger partial charge in [-0.2, -0.15) is 10.3 Å². The number of hydrogen-bond donors (Lipinski definition) is 2. The summed E-state index contributed by atoms with van der Waals surface area (Å²) in [7, 11) is 5.24. The zero-order chi connectivity index (χ0) is 17.0. The van der Waals surface area contributed by atoms with Gasteiger partial charge in [0.15, 0.2) is 17.2 Å². The van der Waals surface area contributed by atoms with Crippen molar-refractivity contribution in [2.75, 3.05) is 27.8 Å². The van der Waals surface area contributed by atoms with Crippen LogP contribution in [0.3, 0.4) is 0 Å². The van der Waals surface area contributed by atoms with Gasteiger partial charge in [0.05, 0.1) is 13.7 Å². The minimum atomic E-state index is -0.558. The SMILES string of the molecule is CCOC(=O)c1n[nH]nc1-c1cc(CN(C)C)c(O)c(OC)c1. The lowest BCUT2D eigenvalue weighted by molar-refractivity contribution is 0.0520. The van der Waals surface area contributed by atoms with E-state index in [9.17, 15) is 9.90 Å². The molecule has 0 amide bonds. The predicted molar refractivity (Wildman–Crippen MR) is 83.4 cm³/mol. The van der Waals surface area contributed by atoms with Crippen molar-refractivity contribution < 1.29 is 19.4 Å². The first kappa shape index (κ1) is 16.8. The average Bonchev–Trinajstić information content (AvgIpc) is 2.98. The lowest BCUT2D eigenvalue weighted by Gasteiger charge is -2.15.